The van der Waals surface area contributed by atoms with E-state index in [1.807, 2.05) is 18.7 Å². The van der Waals surface area contributed by atoms with Crippen molar-refractivity contribution in [2.24, 2.45) is 5.73 Å². The summed E-state index contributed by atoms with van der Waals surface area (Å²) >= 11 is 1.87. The summed E-state index contributed by atoms with van der Waals surface area (Å²) in [5.41, 5.74) is 7.19. The summed E-state index contributed by atoms with van der Waals surface area (Å²) in [4.78, 5) is 1.30. The van der Waals surface area contributed by atoms with Crippen molar-refractivity contribution in [1.82, 2.24) is 0 Å². The summed E-state index contributed by atoms with van der Waals surface area (Å²) in [6.45, 7) is 2.96. The van der Waals surface area contributed by atoms with Crippen LogP contribution in [-0.2, 0) is 4.74 Å². The topological polar surface area (TPSA) is 35.2 Å². The maximum atomic E-state index is 5.95. The number of hydrogen-bond donors (Lipinski definition) is 1. The molecule has 0 radical (unpaired) electrons. The van der Waals surface area contributed by atoms with E-state index in [0.29, 0.717) is 6.10 Å². The molecule has 1 heterocycles. The monoisotopic (exact) mass is 237 g/mol. The predicted octanol–water partition coefficient (Wildman–Crippen LogP) is 2.98. The van der Waals surface area contributed by atoms with Crippen molar-refractivity contribution in [3.63, 3.8) is 0 Å². The van der Waals surface area contributed by atoms with Gasteiger partial charge in [0.15, 0.2) is 0 Å². The number of thioether (sulfide) groups is 1. The molecule has 0 aliphatic carbocycles. The highest BCUT2D eigenvalue weighted by Gasteiger charge is 2.16. The lowest BCUT2D eigenvalue weighted by Crippen LogP contribution is -2.10. The molecule has 0 saturated carbocycles. The Morgan fingerprint density at radius 3 is 3.00 bits per heavy atom. The molecule has 0 amide bonds. The van der Waals surface area contributed by atoms with Gasteiger partial charge in [-0.3, -0.25) is 0 Å². The Balaban J connectivity index is 1.97. The van der Waals surface area contributed by atoms with E-state index in [4.69, 9.17) is 10.5 Å². The van der Waals surface area contributed by atoms with E-state index in [9.17, 15) is 0 Å². The van der Waals surface area contributed by atoms with Gasteiger partial charge in [0.25, 0.3) is 0 Å². The second-order valence-electron chi connectivity index (χ2n) is 4.27. The van der Waals surface area contributed by atoms with E-state index in [1.165, 1.54) is 23.3 Å². The molecule has 1 unspecified atom stereocenters. The SMILES string of the molecule is C[C@@H](N)c1ccccc1SCC1CCCO1. The van der Waals surface area contributed by atoms with Crippen LogP contribution in [0.1, 0.15) is 31.4 Å². The van der Waals surface area contributed by atoms with Crippen molar-refractivity contribution in [2.75, 3.05) is 12.4 Å². The first kappa shape index (κ1) is 12.0. The molecule has 88 valence electrons. The Kier molecular flexibility index (Phi) is 4.27. The Hall–Kier alpha value is -0.510. The molecule has 2 nitrogen and oxygen atoms in total. The molecule has 0 spiro atoms. The third-order valence-electron chi connectivity index (χ3n) is 2.86. The normalized spacial score (nSPS) is 22.2. The lowest BCUT2D eigenvalue weighted by molar-refractivity contribution is 0.129. The van der Waals surface area contributed by atoms with Crippen LogP contribution in [0.2, 0.25) is 0 Å². The van der Waals surface area contributed by atoms with Crippen LogP contribution in [0, 0.1) is 0 Å². The van der Waals surface area contributed by atoms with Crippen molar-refractivity contribution in [3.05, 3.63) is 29.8 Å². The quantitative estimate of drug-likeness (QED) is 0.818. The summed E-state index contributed by atoms with van der Waals surface area (Å²) < 4.78 is 5.62. The Morgan fingerprint density at radius 2 is 2.31 bits per heavy atom. The molecule has 1 aliphatic heterocycles. The molecular weight excluding hydrogens is 218 g/mol. The van der Waals surface area contributed by atoms with E-state index in [0.717, 1.165) is 12.4 Å². The molecule has 2 rings (SSSR count). The average Bonchev–Trinajstić information content (AvgIpc) is 2.79. The van der Waals surface area contributed by atoms with Gasteiger partial charge in [-0.1, -0.05) is 18.2 Å². The third-order valence-corrected chi connectivity index (χ3v) is 4.08. The molecule has 1 aliphatic rings. The van der Waals surface area contributed by atoms with E-state index in [-0.39, 0.29) is 6.04 Å². The Labute approximate surface area is 102 Å². The van der Waals surface area contributed by atoms with Crippen LogP contribution in [0.15, 0.2) is 29.2 Å². The minimum atomic E-state index is 0.105. The van der Waals surface area contributed by atoms with Gasteiger partial charge in [0.1, 0.15) is 0 Å². The largest absolute Gasteiger partial charge is 0.377 e. The van der Waals surface area contributed by atoms with Crippen molar-refractivity contribution in [2.45, 2.75) is 36.8 Å². The van der Waals surface area contributed by atoms with Gasteiger partial charge in [-0.15, -0.1) is 11.8 Å². The van der Waals surface area contributed by atoms with Gasteiger partial charge in [0, 0.05) is 23.3 Å². The first-order valence-corrected chi connectivity index (χ1v) is 6.85. The zero-order valence-electron chi connectivity index (χ0n) is 9.69. The zero-order valence-corrected chi connectivity index (χ0v) is 10.5. The van der Waals surface area contributed by atoms with E-state index >= 15 is 0 Å². The van der Waals surface area contributed by atoms with Crippen molar-refractivity contribution in [3.8, 4) is 0 Å². The highest BCUT2D eigenvalue weighted by molar-refractivity contribution is 7.99. The van der Waals surface area contributed by atoms with Crippen LogP contribution >= 0.6 is 11.8 Å². The molecule has 1 fully saturated rings. The van der Waals surface area contributed by atoms with Gasteiger partial charge in [0.05, 0.1) is 6.10 Å². The Bertz CT molecular complexity index is 334. The lowest BCUT2D eigenvalue weighted by Gasteiger charge is -2.14. The zero-order chi connectivity index (χ0) is 11.4. The van der Waals surface area contributed by atoms with Gasteiger partial charge < -0.3 is 10.5 Å². The first-order valence-electron chi connectivity index (χ1n) is 5.86. The van der Waals surface area contributed by atoms with Crippen LogP contribution < -0.4 is 5.73 Å². The molecule has 0 bridgehead atoms. The lowest BCUT2D eigenvalue weighted by atomic mass is 10.1. The number of benzene rings is 1. The second-order valence-corrected chi connectivity index (χ2v) is 5.33. The van der Waals surface area contributed by atoms with Crippen molar-refractivity contribution in [1.29, 1.82) is 0 Å². The fourth-order valence-electron chi connectivity index (χ4n) is 1.95. The van der Waals surface area contributed by atoms with Gasteiger partial charge in [0.2, 0.25) is 0 Å². The Morgan fingerprint density at radius 1 is 1.50 bits per heavy atom. The number of hydrogen-bond acceptors (Lipinski definition) is 3. The van der Waals surface area contributed by atoms with Crippen molar-refractivity contribution >= 4 is 11.8 Å². The van der Waals surface area contributed by atoms with Crippen LogP contribution in [0.5, 0.6) is 0 Å². The minimum absolute atomic E-state index is 0.105. The molecule has 3 heteroatoms. The average molecular weight is 237 g/mol. The highest BCUT2D eigenvalue weighted by Crippen LogP contribution is 2.29. The number of rotatable bonds is 4. The van der Waals surface area contributed by atoms with Crippen LogP contribution in [0.25, 0.3) is 0 Å². The molecule has 2 atom stereocenters. The molecule has 0 aromatic heterocycles. The van der Waals surface area contributed by atoms with E-state index < -0.39 is 0 Å². The predicted molar refractivity (Wildman–Crippen MR) is 68.7 cm³/mol. The molecule has 1 saturated heterocycles. The van der Waals surface area contributed by atoms with Gasteiger partial charge >= 0.3 is 0 Å². The second kappa shape index (κ2) is 5.71. The molecule has 1 aromatic rings. The summed E-state index contributed by atoms with van der Waals surface area (Å²) in [6.07, 6.45) is 2.85. The van der Waals surface area contributed by atoms with Crippen LogP contribution in [0.4, 0.5) is 0 Å². The summed E-state index contributed by atoms with van der Waals surface area (Å²) in [5.74, 6) is 1.05. The molecule has 2 N–H and O–H groups in total. The number of ether oxygens (including phenoxy) is 1. The molecular formula is C13H19NOS. The van der Waals surface area contributed by atoms with E-state index in [1.54, 1.807) is 0 Å². The number of nitrogens with two attached hydrogens (primary N) is 1. The smallest absolute Gasteiger partial charge is 0.0669 e. The van der Waals surface area contributed by atoms with Gasteiger partial charge in [-0.2, -0.15) is 0 Å². The summed E-state index contributed by atoms with van der Waals surface area (Å²) in [6, 6.07) is 8.49. The summed E-state index contributed by atoms with van der Waals surface area (Å²) in [7, 11) is 0. The molecule has 1 aromatic carbocycles. The maximum Gasteiger partial charge on any atom is 0.0669 e. The minimum Gasteiger partial charge on any atom is -0.377 e. The van der Waals surface area contributed by atoms with Gasteiger partial charge in [-0.05, 0) is 31.4 Å². The maximum absolute atomic E-state index is 5.95. The van der Waals surface area contributed by atoms with Crippen molar-refractivity contribution < 1.29 is 4.74 Å². The fourth-order valence-corrected chi connectivity index (χ4v) is 3.17. The van der Waals surface area contributed by atoms with Crippen LogP contribution in [0.3, 0.4) is 0 Å². The standard InChI is InChI=1S/C13H19NOS/c1-10(14)12-6-2-3-7-13(12)16-9-11-5-4-8-15-11/h2-3,6-7,10-11H,4-5,8-9,14H2,1H3/t10-,11?/m1/s1. The highest BCUT2D eigenvalue weighted by atomic mass is 32.2. The van der Waals surface area contributed by atoms with Crippen LogP contribution in [-0.4, -0.2) is 18.5 Å². The van der Waals surface area contributed by atoms with E-state index in [2.05, 4.69) is 24.3 Å². The fraction of sp³-hybridized carbons (Fsp3) is 0.538. The molecule has 16 heavy (non-hydrogen) atoms. The third kappa shape index (κ3) is 3.00. The van der Waals surface area contributed by atoms with Gasteiger partial charge in [-0.25, -0.2) is 0 Å². The first-order chi connectivity index (χ1) is 7.77. The summed E-state index contributed by atoms with van der Waals surface area (Å²) in [5, 5.41) is 0.